The highest BCUT2D eigenvalue weighted by Gasteiger charge is 2.04. The normalized spacial score (nSPS) is 12.9. The molecule has 0 spiro atoms. The summed E-state index contributed by atoms with van der Waals surface area (Å²) in [7, 11) is 0. The van der Waals surface area contributed by atoms with Crippen molar-refractivity contribution >= 4 is 12.0 Å². The largest absolute Gasteiger partial charge is 0.270 e. The summed E-state index contributed by atoms with van der Waals surface area (Å²) in [5.74, 6) is -0.166. The summed E-state index contributed by atoms with van der Waals surface area (Å²) in [4.78, 5) is 15.0. The van der Waals surface area contributed by atoms with Crippen LogP contribution in [0.2, 0.25) is 0 Å². The minimum atomic E-state index is -0.166. The number of hydrogen-bond acceptors (Lipinski definition) is 1. The first kappa shape index (κ1) is 9.04. The van der Waals surface area contributed by atoms with Gasteiger partial charge in [-0.25, -0.2) is 4.99 Å². The van der Waals surface area contributed by atoms with E-state index in [2.05, 4.69) is 17.1 Å². The molecule has 1 heterocycles. The van der Waals surface area contributed by atoms with Crippen molar-refractivity contribution in [2.24, 2.45) is 4.99 Å². The number of benzene rings is 2. The van der Waals surface area contributed by atoms with Crippen LogP contribution in [0.5, 0.6) is 0 Å². The van der Waals surface area contributed by atoms with Gasteiger partial charge in [-0.3, -0.25) is 4.79 Å². The molecule has 0 saturated carbocycles. The van der Waals surface area contributed by atoms with E-state index in [4.69, 9.17) is 0 Å². The lowest BCUT2D eigenvalue weighted by molar-refractivity contribution is -0.112. The van der Waals surface area contributed by atoms with E-state index in [9.17, 15) is 4.79 Å². The number of carbonyl (C=O) groups excluding carboxylic acids is 1. The molecule has 2 nitrogen and oxygen atoms in total. The summed E-state index contributed by atoms with van der Waals surface area (Å²) in [6.07, 6.45) is 1.57. The van der Waals surface area contributed by atoms with Gasteiger partial charge in [0.2, 0.25) is 0 Å². The molecule has 2 aromatic rings. The Morgan fingerprint density at radius 3 is 2.50 bits per heavy atom. The van der Waals surface area contributed by atoms with Gasteiger partial charge in [-0.15, -0.1) is 0 Å². The van der Waals surface area contributed by atoms with Gasteiger partial charge in [-0.05, 0) is 23.3 Å². The molecule has 1 aliphatic heterocycles. The number of rotatable bonds is 1. The highest BCUT2D eigenvalue weighted by Crippen LogP contribution is 2.15. The SMILES string of the molecule is O=C1C=c2cc(-c3ccccc3)ccc2=N1. The van der Waals surface area contributed by atoms with Crippen molar-refractivity contribution in [1.29, 1.82) is 0 Å². The van der Waals surface area contributed by atoms with Crippen LogP contribution in [0.15, 0.2) is 53.5 Å². The molecule has 0 aliphatic carbocycles. The summed E-state index contributed by atoms with van der Waals surface area (Å²) < 4.78 is 0. The molecule has 0 saturated heterocycles. The first-order valence-corrected chi connectivity index (χ1v) is 5.13. The smallest absolute Gasteiger partial charge is 0.267 e. The quantitative estimate of drug-likeness (QED) is 0.693. The lowest BCUT2D eigenvalue weighted by atomic mass is 10.1. The molecule has 16 heavy (non-hydrogen) atoms. The van der Waals surface area contributed by atoms with Crippen LogP contribution in [0, 0.1) is 0 Å². The fraction of sp³-hybridized carbons (Fsp3) is 0. The summed E-state index contributed by atoms with van der Waals surface area (Å²) in [6, 6.07) is 16.0. The highest BCUT2D eigenvalue weighted by atomic mass is 16.1. The summed E-state index contributed by atoms with van der Waals surface area (Å²) in [5, 5.41) is 1.68. The Kier molecular flexibility index (Phi) is 1.93. The third-order valence-electron chi connectivity index (χ3n) is 2.64. The van der Waals surface area contributed by atoms with Crippen molar-refractivity contribution in [3.63, 3.8) is 0 Å². The van der Waals surface area contributed by atoms with E-state index in [0.29, 0.717) is 0 Å². The number of amides is 1. The van der Waals surface area contributed by atoms with Gasteiger partial charge in [0.1, 0.15) is 0 Å². The van der Waals surface area contributed by atoms with E-state index < -0.39 is 0 Å². The maximum Gasteiger partial charge on any atom is 0.270 e. The number of carbonyl (C=O) groups is 1. The Bertz CT molecular complexity index is 672. The Labute approximate surface area is 92.6 Å². The molecule has 0 bridgehead atoms. The molecule has 0 aromatic heterocycles. The standard InChI is InChI=1S/C14H9NO/c16-14-9-12-8-11(6-7-13(12)15-14)10-4-2-1-3-5-10/h1-9H. The molecule has 0 unspecified atom stereocenters. The second kappa shape index (κ2) is 3.42. The van der Waals surface area contributed by atoms with Gasteiger partial charge in [-0.1, -0.05) is 36.4 Å². The fourth-order valence-corrected chi connectivity index (χ4v) is 1.87. The third kappa shape index (κ3) is 1.44. The van der Waals surface area contributed by atoms with E-state index in [1.807, 2.05) is 36.4 Å². The van der Waals surface area contributed by atoms with Crippen LogP contribution in [-0.2, 0) is 4.79 Å². The zero-order valence-corrected chi connectivity index (χ0v) is 8.55. The molecule has 0 N–H and O–H groups in total. The fourth-order valence-electron chi connectivity index (χ4n) is 1.87. The maximum absolute atomic E-state index is 11.1. The molecule has 1 aliphatic rings. The zero-order valence-electron chi connectivity index (χ0n) is 8.55. The van der Waals surface area contributed by atoms with Gasteiger partial charge in [0.25, 0.3) is 5.91 Å². The second-order valence-corrected chi connectivity index (χ2v) is 3.73. The first-order chi connectivity index (χ1) is 7.83. The predicted molar refractivity (Wildman–Crippen MR) is 62.1 cm³/mol. The molecule has 1 amide bonds. The second-order valence-electron chi connectivity index (χ2n) is 3.73. The van der Waals surface area contributed by atoms with Crippen molar-refractivity contribution in [1.82, 2.24) is 0 Å². The Balaban J connectivity index is 2.21. The van der Waals surface area contributed by atoms with E-state index in [0.717, 1.165) is 21.7 Å². The Hall–Kier alpha value is -2.22. The Morgan fingerprint density at radius 2 is 1.69 bits per heavy atom. The van der Waals surface area contributed by atoms with Crippen LogP contribution in [0.1, 0.15) is 0 Å². The van der Waals surface area contributed by atoms with E-state index in [1.165, 1.54) is 0 Å². The van der Waals surface area contributed by atoms with Crippen LogP contribution in [0.25, 0.3) is 17.2 Å². The van der Waals surface area contributed by atoms with Gasteiger partial charge in [0.15, 0.2) is 0 Å². The van der Waals surface area contributed by atoms with Crippen LogP contribution in [-0.4, -0.2) is 5.91 Å². The van der Waals surface area contributed by atoms with E-state index in [-0.39, 0.29) is 5.91 Å². The minimum absolute atomic E-state index is 0.166. The lowest BCUT2D eigenvalue weighted by Crippen LogP contribution is -2.20. The predicted octanol–water partition coefficient (Wildman–Crippen LogP) is 1.29. The number of hydrogen-bond donors (Lipinski definition) is 0. The van der Waals surface area contributed by atoms with Gasteiger partial charge < -0.3 is 0 Å². The van der Waals surface area contributed by atoms with Crippen molar-refractivity contribution in [2.45, 2.75) is 0 Å². The first-order valence-electron chi connectivity index (χ1n) is 5.13. The molecule has 76 valence electrons. The van der Waals surface area contributed by atoms with Crippen LogP contribution < -0.4 is 10.6 Å². The molecule has 2 aromatic carbocycles. The van der Waals surface area contributed by atoms with Gasteiger partial charge >= 0.3 is 0 Å². The van der Waals surface area contributed by atoms with Crippen molar-refractivity contribution in [2.75, 3.05) is 0 Å². The number of nitrogens with zero attached hydrogens (tertiary/aromatic N) is 1. The van der Waals surface area contributed by atoms with E-state index >= 15 is 0 Å². The monoisotopic (exact) mass is 207 g/mol. The lowest BCUT2D eigenvalue weighted by Gasteiger charge is -1.99. The number of fused-ring (bicyclic) bond motifs is 1. The molecule has 3 rings (SSSR count). The van der Waals surface area contributed by atoms with E-state index in [1.54, 1.807) is 6.08 Å². The average Bonchev–Trinajstić information content (AvgIpc) is 2.69. The topological polar surface area (TPSA) is 29.4 Å². The summed E-state index contributed by atoms with van der Waals surface area (Å²) in [5.41, 5.74) is 2.26. The van der Waals surface area contributed by atoms with Gasteiger partial charge in [0, 0.05) is 11.3 Å². The van der Waals surface area contributed by atoms with Crippen LogP contribution >= 0.6 is 0 Å². The molecular weight excluding hydrogens is 198 g/mol. The molecule has 0 radical (unpaired) electrons. The van der Waals surface area contributed by atoms with Gasteiger partial charge in [-0.2, -0.15) is 0 Å². The summed E-state index contributed by atoms with van der Waals surface area (Å²) >= 11 is 0. The third-order valence-corrected chi connectivity index (χ3v) is 2.64. The molecule has 0 fully saturated rings. The average molecular weight is 207 g/mol. The molecule has 2 heteroatoms. The Morgan fingerprint density at radius 1 is 0.875 bits per heavy atom. The minimum Gasteiger partial charge on any atom is -0.267 e. The van der Waals surface area contributed by atoms with Crippen LogP contribution in [0.3, 0.4) is 0 Å². The highest BCUT2D eigenvalue weighted by molar-refractivity contribution is 6.06. The molecular formula is C14H9NO. The van der Waals surface area contributed by atoms with Gasteiger partial charge in [0.05, 0.1) is 5.36 Å². The molecule has 0 atom stereocenters. The summed E-state index contributed by atoms with van der Waals surface area (Å²) in [6.45, 7) is 0. The zero-order chi connectivity index (χ0) is 11.0. The van der Waals surface area contributed by atoms with Crippen molar-refractivity contribution in [3.05, 3.63) is 59.1 Å². The van der Waals surface area contributed by atoms with Crippen molar-refractivity contribution in [3.8, 4) is 11.1 Å². The maximum atomic E-state index is 11.1. The van der Waals surface area contributed by atoms with Crippen molar-refractivity contribution < 1.29 is 4.79 Å². The van der Waals surface area contributed by atoms with Crippen LogP contribution in [0.4, 0.5) is 0 Å².